The molecule has 2 fully saturated rings. The van der Waals surface area contributed by atoms with Gasteiger partial charge in [0.05, 0.1) is 0 Å². The van der Waals surface area contributed by atoms with E-state index in [2.05, 4.69) is 36.4 Å². The van der Waals surface area contributed by atoms with Gasteiger partial charge >= 0.3 is 6.03 Å². The number of rotatable bonds is 7. The van der Waals surface area contributed by atoms with Crippen LogP contribution in [0, 0.1) is 11.3 Å². The Kier molecular flexibility index (Phi) is 6.57. The molecule has 1 aliphatic heterocycles. The Hall–Kier alpha value is -2.64. The number of anilines is 1. The molecule has 0 radical (unpaired) electrons. The quantitative estimate of drug-likeness (QED) is 0.650. The Bertz CT molecular complexity index is 843. The van der Waals surface area contributed by atoms with E-state index in [9.17, 15) is 14.4 Å². The number of imide groups is 1. The molecule has 2 N–H and O–H groups in total. The number of hydrogen-bond acceptors (Lipinski definition) is 5. The number of aromatic nitrogens is 1. The van der Waals surface area contributed by atoms with Gasteiger partial charge in [0.1, 0.15) is 17.9 Å². The standard InChI is InChI=1S/C23H35N5O3/c1-6-22(2,3)17-7-10-23(11-8-17)20(30)28(21(31)26-23)15-19(29)25-14-16-9-12-24-18(13-16)27(4)5/h9,12-13,17H,6-8,10-11,14-15H2,1-5H3,(H,25,29)(H,26,31). The van der Waals surface area contributed by atoms with E-state index in [-0.39, 0.29) is 23.8 Å². The molecule has 1 aromatic rings. The molecule has 2 heterocycles. The van der Waals surface area contributed by atoms with Crippen LogP contribution < -0.4 is 15.5 Å². The zero-order valence-electron chi connectivity index (χ0n) is 19.3. The monoisotopic (exact) mass is 429 g/mol. The van der Waals surface area contributed by atoms with Crippen LogP contribution in [0.25, 0.3) is 0 Å². The van der Waals surface area contributed by atoms with Crippen LogP contribution in [-0.4, -0.2) is 53.9 Å². The molecule has 0 atom stereocenters. The SMILES string of the molecule is CCC(C)(C)C1CCC2(CC1)NC(=O)N(CC(=O)NCc1ccnc(N(C)C)c1)C2=O. The van der Waals surface area contributed by atoms with Crippen LogP contribution in [0.3, 0.4) is 0 Å². The fourth-order valence-corrected chi connectivity index (χ4v) is 4.55. The first-order valence-corrected chi connectivity index (χ1v) is 11.1. The topological polar surface area (TPSA) is 94.6 Å². The largest absolute Gasteiger partial charge is 0.363 e. The van der Waals surface area contributed by atoms with Gasteiger partial charge in [-0.3, -0.25) is 14.5 Å². The fourth-order valence-electron chi connectivity index (χ4n) is 4.55. The van der Waals surface area contributed by atoms with Crippen molar-refractivity contribution in [2.24, 2.45) is 11.3 Å². The highest BCUT2D eigenvalue weighted by molar-refractivity contribution is 6.09. The Balaban J connectivity index is 1.57. The van der Waals surface area contributed by atoms with Crippen LogP contribution in [-0.2, 0) is 16.1 Å². The van der Waals surface area contributed by atoms with Gasteiger partial charge in [-0.15, -0.1) is 0 Å². The van der Waals surface area contributed by atoms with Crippen molar-refractivity contribution in [2.75, 3.05) is 25.5 Å². The molecular weight excluding hydrogens is 394 g/mol. The molecule has 0 aromatic carbocycles. The maximum atomic E-state index is 13.1. The zero-order chi connectivity index (χ0) is 22.8. The molecule has 2 aliphatic rings. The lowest BCUT2D eigenvalue weighted by atomic mass is 9.65. The number of amides is 4. The van der Waals surface area contributed by atoms with Gasteiger partial charge < -0.3 is 15.5 Å². The lowest BCUT2D eigenvalue weighted by Crippen LogP contribution is -2.51. The van der Waals surface area contributed by atoms with Gasteiger partial charge in [0.2, 0.25) is 5.91 Å². The molecule has 8 nitrogen and oxygen atoms in total. The normalized spacial score (nSPS) is 23.8. The number of nitrogens with one attached hydrogen (secondary N) is 2. The number of pyridine rings is 1. The van der Waals surface area contributed by atoms with Crippen molar-refractivity contribution in [1.29, 1.82) is 0 Å². The van der Waals surface area contributed by atoms with Gasteiger partial charge in [-0.05, 0) is 54.7 Å². The Labute approximate surface area is 184 Å². The molecule has 1 saturated heterocycles. The molecule has 1 aliphatic carbocycles. The summed E-state index contributed by atoms with van der Waals surface area (Å²) in [6.45, 7) is 6.78. The number of nitrogens with zero attached hydrogens (tertiary/aromatic N) is 3. The minimum absolute atomic E-state index is 0.228. The zero-order valence-corrected chi connectivity index (χ0v) is 19.3. The first kappa shape index (κ1) is 23.0. The van der Waals surface area contributed by atoms with E-state index in [1.54, 1.807) is 6.20 Å². The van der Waals surface area contributed by atoms with Crippen molar-refractivity contribution < 1.29 is 14.4 Å². The Morgan fingerprint density at radius 3 is 2.61 bits per heavy atom. The maximum Gasteiger partial charge on any atom is 0.325 e. The predicted molar refractivity (Wildman–Crippen MR) is 119 cm³/mol. The van der Waals surface area contributed by atoms with Crippen LogP contribution in [0.4, 0.5) is 10.6 Å². The Morgan fingerprint density at radius 2 is 2.00 bits per heavy atom. The van der Waals surface area contributed by atoms with Gasteiger partial charge in [0, 0.05) is 26.8 Å². The number of carbonyl (C=O) groups excluding carboxylic acids is 3. The molecule has 8 heteroatoms. The van der Waals surface area contributed by atoms with Crippen LogP contribution in [0.5, 0.6) is 0 Å². The van der Waals surface area contributed by atoms with Gasteiger partial charge in [-0.25, -0.2) is 9.78 Å². The molecule has 0 bridgehead atoms. The average molecular weight is 430 g/mol. The lowest BCUT2D eigenvalue weighted by Gasteiger charge is -2.42. The van der Waals surface area contributed by atoms with E-state index in [1.165, 1.54) is 0 Å². The number of hydrogen-bond donors (Lipinski definition) is 2. The van der Waals surface area contributed by atoms with E-state index in [4.69, 9.17) is 0 Å². The highest BCUT2D eigenvalue weighted by Crippen LogP contribution is 2.45. The number of urea groups is 1. The third-order valence-electron chi connectivity index (χ3n) is 7.16. The van der Waals surface area contributed by atoms with Crippen molar-refractivity contribution >= 4 is 23.7 Å². The third-order valence-corrected chi connectivity index (χ3v) is 7.16. The summed E-state index contributed by atoms with van der Waals surface area (Å²) in [5, 5.41) is 5.70. The first-order chi connectivity index (χ1) is 14.6. The summed E-state index contributed by atoms with van der Waals surface area (Å²) in [6.07, 6.45) is 5.85. The van der Waals surface area contributed by atoms with Crippen LogP contribution in [0.2, 0.25) is 0 Å². The summed E-state index contributed by atoms with van der Waals surface area (Å²) in [7, 11) is 3.80. The van der Waals surface area contributed by atoms with Gasteiger partial charge in [-0.2, -0.15) is 0 Å². The summed E-state index contributed by atoms with van der Waals surface area (Å²) in [5.41, 5.74) is 0.285. The van der Waals surface area contributed by atoms with E-state index in [1.807, 2.05) is 31.1 Å². The second-order valence-corrected chi connectivity index (χ2v) is 9.71. The summed E-state index contributed by atoms with van der Waals surface area (Å²) in [5.74, 6) is 0.714. The average Bonchev–Trinajstić information content (AvgIpc) is 2.96. The van der Waals surface area contributed by atoms with E-state index >= 15 is 0 Å². The van der Waals surface area contributed by atoms with Crippen molar-refractivity contribution in [3.63, 3.8) is 0 Å². The molecular formula is C23H35N5O3. The summed E-state index contributed by atoms with van der Waals surface area (Å²) >= 11 is 0. The van der Waals surface area contributed by atoms with Crippen LogP contribution in [0.15, 0.2) is 18.3 Å². The minimum atomic E-state index is -0.844. The van der Waals surface area contributed by atoms with Gasteiger partial charge in [0.15, 0.2) is 0 Å². The maximum absolute atomic E-state index is 13.1. The Morgan fingerprint density at radius 1 is 1.32 bits per heavy atom. The van der Waals surface area contributed by atoms with Crippen LogP contribution >= 0.6 is 0 Å². The summed E-state index contributed by atoms with van der Waals surface area (Å²) in [6, 6.07) is 3.25. The minimum Gasteiger partial charge on any atom is -0.363 e. The highest BCUT2D eigenvalue weighted by atomic mass is 16.2. The third kappa shape index (κ3) is 4.83. The molecule has 1 saturated carbocycles. The molecule has 1 aromatic heterocycles. The summed E-state index contributed by atoms with van der Waals surface area (Å²) in [4.78, 5) is 45.3. The first-order valence-electron chi connectivity index (χ1n) is 11.1. The molecule has 0 unspecified atom stereocenters. The van der Waals surface area contributed by atoms with Crippen molar-refractivity contribution in [1.82, 2.24) is 20.5 Å². The molecule has 31 heavy (non-hydrogen) atoms. The molecule has 3 rings (SSSR count). The van der Waals surface area contributed by atoms with Crippen molar-refractivity contribution in [3.05, 3.63) is 23.9 Å². The van der Waals surface area contributed by atoms with E-state index < -0.39 is 11.6 Å². The smallest absolute Gasteiger partial charge is 0.325 e. The van der Waals surface area contributed by atoms with Gasteiger partial charge in [0.25, 0.3) is 5.91 Å². The van der Waals surface area contributed by atoms with E-state index in [0.717, 1.165) is 35.5 Å². The second-order valence-electron chi connectivity index (χ2n) is 9.71. The summed E-state index contributed by atoms with van der Waals surface area (Å²) < 4.78 is 0. The molecule has 1 spiro atoms. The van der Waals surface area contributed by atoms with E-state index in [0.29, 0.717) is 25.3 Å². The van der Waals surface area contributed by atoms with Crippen LogP contribution in [0.1, 0.15) is 58.4 Å². The fraction of sp³-hybridized carbons (Fsp3) is 0.652. The van der Waals surface area contributed by atoms with Gasteiger partial charge in [-0.1, -0.05) is 27.2 Å². The molecule has 4 amide bonds. The van der Waals surface area contributed by atoms with Crippen molar-refractivity contribution in [2.45, 2.75) is 65.0 Å². The number of carbonyl (C=O) groups is 3. The molecule has 170 valence electrons. The predicted octanol–water partition coefficient (Wildman–Crippen LogP) is 2.68. The second kappa shape index (κ2) is 8.85. The highest BCUT2D eigenvalue weighted by Gasteiger charge is 2.53. The van der Waals surface area contributed by atoms with Crippen molar-refractivity contribution in [3.8, 4) is 0 Å². The lowest BCUT2D eigenvalue weighted by molar-refractivity contribution is -0.136.